The van der Waals surface area contributed by atoms with E-state index in [0.29, 0.717) is 6.54 Å². The molecular weight excluding hydrogens is 258 g/mol. The number of rotatable bonds is 9. The van der Waals surface area contributed by atoms with Crippen LogP contribution in [0, 0.1) is 17.2 Å². The minimum absolute atomic E-state index is 0.117. The fourth-order valence-corrected chi connectivity index (χ4v) is 1.53. The van der Waals surface area contributed by atoms with Gasteiger partial charge in [0, 0.05) is 12.7 Å². The van der Waals surface area contributed by atoms with Gasteiger partial charge in [-0.25, -0.2) is 4.79 Å². The smallest absolute Gasteiger partial charge is 0.326 e. The molecule has 0 aromatic carbocycles. The minimum Gasteiger partial charge on any atom is -0.480 e. The Morgan fingerprint density at radius 1 is 1.35 bits per heavy atom. The highest BCUT2D eigenvalue weighted by Crippen LogP contribution is 2.03. The van der Waals surface area contributed by atoms with Crippen LogP contribution in [0.15, 0.2) is 11.8 Å². The van der Waals surface area contributed by atoms with E-state index in [1.54, 1.807) is 19.9 Å². The van der Waals surface area contributed by atoms with Gasteiger partial charge in [0.05, 0.1) is 0 Å². The van der Waals surface area contributed by atoms with Crippen LogP contribution in [0.4, 0.5) is 0 Å². The fourth-order valence-electron chi connectivity index (χ4n) is 1.53. The van der Waals surface area contributed by atoms with Crippen molar-refractivity contribution >= 4 is 11.9 Å². The van der Waals surface area contributed by atoms with Crippen molar-refractivity contribution in [3.05, 3.63) is 11.8 Å². The second-order valence-corrected chi connectivity index (χ2v) is 4.86. The van der Waals surface area contributed by atoms with E-state index in [0.717, 1.165) is 19.3 Å². The average Bonchev–Trinajstić information content (AvgIpc) is 2.39. The molecule has 1 amide bonds. The first kappa shape index (κ1) is 18.0. The summed E-state index contributed by atoms with van der Waals surface area (Å²) in [5.74, 6) is -2.04. The lowest BCUT2D eigenvalue weighted by Crippen LogP contribution is -2.44. The van der Waals surface area contributed by atoms with Gasteiger partial charge in [0.25, 0.3) is 5.91 Å². The van der Waals surface area contributed by atoms with Crippen molar-refractivity contribution in [2.45, 2.75) is 46.1 Å². The van der Waals surface area contributed by atoms with E-state index in [2.05, 4.69) is 17.6 Å². The van der Waals surface area contributed by atoms with Crippen LogP contribution in [0.1, 0.15) is 40.0 Å². The number of nitrogens with zero attached hydrogens (tertiary/aromatic N) is 1. The number of carboxylic acids is 1. The molecule has 0 bridgehead atoms. The van der Waals surface area contributed by atoms with Crippen molar-refractivity contribution in [2.75, 3.05) is 6.54 Å². The van der Waals surface area contributed by atoms with E-state index in [1.165, 1.54) is 6.20 Å². The molecule has 0 rings (SSSR count). The molecule has 20 heavy (non-hydrogen) atoms. The lowest BCUT2D eigenvalue weighted by Gasteiger charge is -2.17. The molecule has 0 aliphatic rings. The molecule has 0 heterocycles. The standard InChI is InChI=1S/C14H23N3O3/c1-4-5-6-7-16-9-11(8-15)13(18)17-12(10(2)3)14(19)20/h9-10,12,16H,4-7H2,1-3H3,(H,17,18)(H,19,20)/b11-9-. The SMILES string of the molecule is CCCCCN/C=C(/C#N)C(=O)NC(C(=O)O)C(C)C. The van der Waals surface area contributed by atoms with Crippen LogP contribution in [0.5, 0.6) is 0 Å². The zero-order valence-corrected chi connectivity index (χ0v) is 12.3. The molecule has 3 N–H and O–H groups in total. The molecule has 112 valence electrons. The van der Waals surface area contributed by atoms with Crippen LogP contribution in [-0.4, -0.2) is 29.6 Å². The fraction of sp³-hybridized carbons (Fsp3) is 0.643. The van der Waals surface area contributed by atoms with E-state index < -0.39 is 17.9 Å². The van der Waals surface area contributed by atoms with Crippen LogP contribution in [0.2, 0.25) is 0 Å². The predicted molar refractivity (Wildman–Crippen MR) is 75.6 cm³/mol. The predicted octanol–water partition coefficient (Wildman–Crippen LogP) is 1.40. The summed E-state index contributed by atoms with van der Waals surface area (Å²) in [7, 11) is 0. The van der Waals surface area contributed by atoms with Crippen LogP contribution in [-0.2, 0) is 9.59 Å². The largest absolute Gasteiger partial charge is 0.480 e. The molecule has 6 heteroatoms. The summed E-state index contributed by atoms with van der Waals surface area (Å²) in [5.41, 5.74) is -0.117. The monoisotopic (exact) mass is 281 g/mol. The van der Waals surface area contributed by atoms with E-state index in [1.807, 2.05) is 0 Å². The average molecular weight is 281 g/mol. The van der Waals surface area contributed by atoms with E-state index in [-0.39, 0.29) is 11.5 Å². The highest BCUT2D eigenvalue weighted by molar-refractivity contribution is 5.99. The van der Waals surface area contributed by atoms with Crippen LogP contribution >= 0.6 is 0 Å². The van der Waals surface area contributed by atoms with Crippen molar-refractivity contribution in [3.8, 4) is 6.07 Å². The number of amides is 1. The number of unbranched alkanes of at least 4 members (excludes halogenated alkanes) is 2. The number of aliphatic carboxylic acids is 1. The molecule has 0 saturated heterocycles. The molecule has 0 saturated carbocycles. The lowest BCUT2D eigenvalue weighted by molar-refractivity contribution is -0.142. The number of nitriles is 1. The van der Waals surface area contributed by atoms with Gasteiger partial charge >= 0.3 is 5.97 Å². The summed E-state index contributed by atoms with van der Waals surface area (Å²) in [4.78, 5) is 22.8. The Hall–Kier alpha value is -2.03. The number of carbonyl (C=O) groups is 2. The van der Waals surface area contributed by atoms with Crippen molar-refractivity contribution in [1.82, 2.24) is 10.6 Å². The first-order chi connectivity index (χ1) is 9.43. The van der Waals surface area contributed by atoms with Gasteiger partial charge in [-0.05, 0) is 12.3 Å². The summed E-state index contributed by atoms with van der Waals surface area (Å²) in [6.45, 7) is 6.15. The van der Waals surface area contributed by atoms with Gasteiger partial charge in [-0.15, -0.1) is 0 Å². The molecular formula is C14H23N3O3. The number of hydrogen-bond acceptors (Lipinski definition) is 4. The van der Waals surface area contributed by atoms with Crippen LogP contribution < -0.4 is 10.6 Å². The summed E-state index contributed by atoms with van der Waals surface area (Å²) >= 11 is 0. The van der Waals surface area contributed by atoms with Gasteiger partial charge in [0.1, 0.15) is 17.7 Å². The molecule has 0 aromatic heterocycles. The molecule has 0 aliphatic carbocycles. The van der Waals surface area contributed by atoms with Gasteiger partial charge in [0.15, 0.2) is 0 Å². The zero-order chi connectivity index (χ0) is 15.5. The van der Waals surface area contributed by atoms with Crippen LogP contribution in [0.25, 0.3) is 0 Å². The Balaban J connectivity index is 4.50. The Morgan fingerprint density at radius 2 is 2.00 bits per heavy atom. The van der Waals surface area contributed by atoms with Gasteiger partial charge < -0.3 is 15.7 Å². The molecule has 0 spiro atoms. The quantitative estimate of drug-likeness (QED) is 0.337. The normalized spacial score (nSPS) is 12.7. The third kappa shape index (κ3) is 6.78. The van der Waals surface area contributed by atoms with E-state index >= 15 is 0 Å². The van der Waals surface area contributed by atoms with Gasteiger partial charge in [-0.1, -0.05) is 33.6 Å². The number of carboxylic acid groups (broad SMARTS) is 1. The molecule has 1 atom stereocenters. The highest BCUT2D eigenvalue weighted by atomic mass is 16.4. The molecule has 6 nitrogen and oxygen atoms in total. The minimum atomic E-state index is -1.11. The maximum Gasteiger partial charge on any atom is 0.326 e. The number of carbonyl (C=O) groups excluding carboxylic acids is 1. The molecule has 0 fully saturated rings. The van der Waals surface area contributed by atoms with Gasteiger partial charge in [-0.3, -0.25) is 4.79 Å². The molecule has 1 unspecified atom stereocenters. The second kappa shape index (κ2) is 9.84. The molecule has 0 radical (unpaired) electrons. The molecule has 0 aliphatic heterocycles. The highest BCUT2D eigenvalue weighted by Gasteiger charge is 2.24. The summed E-state index contributed by atoms with van der Waals surface area (Å²) in [6.07, 6.45) is 4.45. The Kier molecular flexibility index (Phi) is 8.84. The zero-order valence-electron chi connectivity index (χ0n) is 12.3. The third-order valence-electron chi connectivity index (χ3n) is 2.76. The van der Waals surface area contributed by atoms with Crippen molar-refractivity contribution in [1.29, 1.82) is 5.26 Å². The van der Waals surface area contributed by atoms with Crippen molar-refractivity contribution in [3.63, 3.8) is 0 Å². The van der Waals surface area contributed by atoms with Gasteiger partial charge in [0.2, 0.25) is 0 Å². The van der Waals surface area contributed by atoms with E-state index in [9.17, 15) is 9.59 Å². The maximum atomic E-state index is 11.8. The van der Waals surface area contributed by atoms with Gasteiger partial charge in [-0.2, -0.15) is 5.26 Å². The first-order valence-electron chi connectivity index (χ1n) is 6.81. The Morgan fingerprint density at radius 3 is 2.45 bits per heavy atom. The van der Waals surface area contributed by atoms with Crippen LogP contribution in [0.3, 0.4) is 0 Å². The summed E-state index contributed by atoms with van der Waals surface area (Å²) in [5, 5.41) is 23.2. The first-order valence-corrected chi connectivity index (χ1v) is 6.81. The Labute approximate surface area is 119 Å². The summed E-state index contributed by atoms with van der Waals surface area (Å²) < 4.78 is 0. The number of nitrogens with one attached hydrogen (secondary N) is 2. The van der Waals surface area contributed by atoms with Crippen molar-refractivity contribution < 1.29 is 14.7 Å². The Bertz CT molecular complexity index is 397. The summed E-state index contributed by atoms with van der Waals surface area (Å²) in [6, 6.07) is 0.769. The maximum absolute atomic E-state index is 11.8. The topological polar surface area (TPSA) is 102 Å². The number of hydrogen-bond donors (Lipinski definition) is 3. The van der Waals surface area contributed by atoms with E-state index in [4.69, 9.17) is 10.4 Å². The second-order valence-electron chi connectivity index (χ2n) is 4.86. The van der Waals surface area contributed by atoms with Crippen molar-refractivity contribution in [2.24, 2.45) is 5.92 Å². The third-order valence-corrected chi connectivity index (χ3v) is 2.76. The lowest BCUT2D eigenvalue weighted by atomic mass is 10.0. The molecule has 0 aromatic rings.